The minimum atomic E-state index is -4.87. The van der Waals surface area contributed by atoms with Crippen LogP contribution in [-0.2, 0) is 25.6 Å². The summed E-state index contributed by atoms with van der Waals surface area (Å²) in [6, 6.07) is 4.62. The number of halogens is 3. The monoisotopic (exact) mass is 429 g/mol. The summed E-state index contributed by atoms with van der Waals surface area (Å²) < 4.78 is 65.8. The number of nitriles is 1. The molecule has 7 nitrogen and oxygen atoms in total. The zero-order valence-electron chi connectivity index (χ0n) is 15.4. The molecule has 29 heavy (non-hydrogen) atoms. The Morgan fingerprint density at radius 3 is 2.41 bits per heavy atom. The Hall–Kier alpha value is -2.61. The Balaban J connectivity index is 1.91. The largest absolute Gasteiger partial charge is 0.417 e. The molecule has 0 spiro atoms. The summed E-state index contributed by atoms with van der Waals surface area (Å²) in [6.45, 7) is 0.748. The van der Waals surface area contributed by atoms with E-state index in [0.717, 1.165) is 24.0 Å². The second-order valence-corrected chi connectivity index (χ2v) is 9.46. The molecule has 0 radical (unpaired) electrons. The van der Waals surface area contributed by atoms with Crippen LogP contribution in [0.1, 0.15) is 31.7 Å². The maximum absolute atomic E-state index is 13.3. The van der Waals surface area contributed by atoms with E-state index < -0.39 is 61.7 Å². The van der Waals surface area contributed by atoms with Crippen molar-refractivity contribution in [2.24, 2.45) is 0 Å². The van der Waals surface area contributed by atoms with Crippen LogP contribution in [0.25, 0.3) is 0 Å². The van der Waals surface area contributed by atoms with E-state index in [4.69, 9.17) is 5.26 Å². The van der Waals surface area contributed by atoms with Crippen LogP contribution in [-0.4, -0.2) is 48.5 Å². The van der Waals surface area contributed by atoms with Gasteiger partial charge in [0.05, 0.1) is 21.8 Å². The van der Waals surface area contributed by atoms with Crippen molar-refractivity contribution in [2.45, 2.75) is 54.1 Å². The Morgan fingerprint density at radius 1 is 1.28 bits per heavy atom. The molecular weight excluding hydrogens is 411 g/mol. The number of nitrogens with zero attached hydrogens (tertiary/aromatic N) is 2. The number of likely N-dealkylation sites (tertiary alicyclic amines) is 1. The number of nitrogens with one attached hydrogen (secondary N) is 1. The third-order valence-corrected chi connectivity index (χ3v) is 7.42. The topological polar surface area (TPSA) is 107 Å². The summed E-state index contributed by atoms with van der Waals surface area (Å²) in [6.07, 6.45) is -4.32. The molecule has 1 aliphatic carbocycles. The van der Waals surface area contributed by atoms with E-state index in [-0.39, 0.29) is 6.42 Å². The van der Waals surface area contributed by atoms with Gasteiger partial charge in [-0.1, -0.05) is 12.1 Å². The molecule has 1 aliphatic heterocycles. The Bertz CT molecular complexity index is 996. The highest BCUT2D eigenvalue weighted by molar-refractivity contribution is 7.92. The standard InChI is InChI=1S/C18H18F3N3O4S/c1-11(25)24-9-12(8-14(24)16(26)23-17(10-22)6-7-17)29(27,28)15-5-3-2-4-13(15)18(19,20)21/h2-5,12,14H,6-9H2,1H3,(H,23,26)/t12?,14-/m0/s1. The van der Waals surface area contributed by atoms with E-state index in [1.165, 1.54) is 6.07 Å². The molecule has 1 heterocycles. The molecule has 1 aromatic carbocycles. The highest BCUT2D eigenvalue weighted by Crippen LogP contribution is 2.38. The Kier molecular flexibility index (Phi) is 5.11. The zero-order chi connectivity index (χ0) is 21.6. The van der Waals surface area contributed by atoms with Crippen molar-refractivity contribution in [1.82, 2.24) is 10.2 Å². The first-order chi connectivity index (χ1) is 13.4. The van der Waals surface area contributed by atoms with Gasteiger partial charge in [0.15, 0.2) is 9.84 Å². The number of rotatable bonds is 4. The molecule has 1 N–H and O–H groups in total. The molecular formula is C18H18F3N3O4S. The molecule has 2 aliphatic rings. The third kappa shape index (κ3) is 3.94. The molecule has 11 heteroatoms. The number of carbonyl (C=O) groups is 2. The summed E-state index contributed by atoms with van der Waals surface area (Å²) in [4.78, 5) is 24.7. The lowest BCUT2D eigenvalue weighted by molar-refractivity contribution is -0.140. The van der Waals surface area contributed by atoms with Gasteiger partial charge in [0.1, 0.15) is 11.6 Å². The van der Waals surface area contributed by atoms with Gasteiger partial charge in [-0.15, -0.1) is 0 Å². The Morgan fingerprint density at radius 2 is 1.90 bits per heavy atom. The van der Waals surface area contributed by atoms with Crippen molar-refractivity contribution in [3.8, 4) is 6.07 Å². The minimum Gasteiger partial charge on any atom is -0.336 e. The van der Waals surface area contributed by atoms with E-state index in [2.05, 4.69) is 5.32 Å². The first-order valence-electron chi connectivity index (χ1n) is 8.82. The second kappa shape index (κ2) is 7.02. The van der Waals surface area contributed by atoms with Crippen LogP contribution in [0.3, 0.4) is 0 Å². The average molecular weight is 429 g/mol. The van der Waals surface area contributed by atoms with Gasteiger partial charge in [0, 0.05) is 13.5 Å². The van der Waals surface area contributed by atoms with Crippen LogP contribution < -0.4 is 5.32 Å². The van der Waals surface area contributed by atoms with Gasteiger partial charge in [-0.3, -0.25) is 9.59 Å². The van der Waals surface area contributed by atoms with Crippen LogP contribution in [0.2, 0.25) is 0 Å². The van der Waals surface area contributed by atoms with Gasteiger partial charge >= 0.3 is 6.18 Å². The van der Waals surface area contributed by atoms with Crippen molar-refractivity contribution in [3.05, 3.63) is 29.8 Å². The van der Waals surface area contributed by atoms with Gasteiger partial charge in [0.25, 0.3) is 0 Å². The molecule has 3 rings (SSSR count). The van der Waals surface area contributed by atoms with Crippen molar-refractivity contribution in [2.75, 3.05) is 6.54 Å². The summed E-state index contributed by atoms with van der Waals surface area (Å²) >= 11 is 0. The maximum Gasteiger partial charge on any atom is 0.417 e. The first kappa shape index (κ1) is 21.1. The zero-order valence-corrected chi connectivity index (χ0v) is 16.2. The van der Waals surface area contributed by atoms with E-state index in [0.29, 0.717) is 18.9 Å². The molecule has 1 saturated carbocycles. The van der Waals surface area contributed by atoms with Crippen LogP contribution in [0.5, 0.6) is 0 Å². The number of benzene rings is 1. The highest BCUT2D eigenvalue weighted by atomic mass is 32.2. The summed E-state index contributed by atoms with van der Waals surface area (Å²) in [7, 11) is -4.48. The van der Waals surface area contributed by atoms with E-state index in [1.807, 2.05) is 6.07 Å². The summed E-state index contributed by atoms with van der Waals surface area (Å²) in [5, 5.41) is 10.3. The number of hydrogen-bond acceptors (Lipinski definition) is 5. The molecule has 2 atom stereocenters. The summed E-state index contributed by atoms with van der Waals surface area (Å²) in [5.41, 5.74) is -2.30. The van der Waals surface area contributed by atoms with E-state index >= 15 is 0 Å². The number of hydrogen-bond donors (Lipinski definition) is 1. The van der Waals surface area contributed by atoms with Gasteiger partial charge in [-0.25, -0.2) is 8.42 Å². The fourth-order valence-corrected chi connectivity index (χ4v) is 5.37. The molecule has 0 bridgehead atoms. The highest BCUT2D eigenvalue weighted by Gasteiger charge is 2.50. The molecule has 2 amide bonds. The molecule has 1 aromatic rings. The molecule has 1 saturated heterocycles. The van der Waals surface area contributed by atoms with Crippen molar-refractivity contribution in [1.29, 1.82) is 5.26 Å². The van der Waals surface area contributed by atoms with Crippen LogP contribution in [0, 0.1) is 11.3 Å². The number of amides is 2. The molecule has 2 fully saturated rings. The number of sulfone groups is 1. The predicted molar refractivity (Wildman–Crippen MR) is 93.9 cm³/mol. The average Bonchev–Trinajstić information content (AvgIpc) is 3.25. The normalized spacial score (nSPS) is 23.3. The third-order valence-electron chi connectivity index (χ3n) is 5.23. The number of carbonyl (C=O) groups excluding carboxylic acids is 2. The van der Waals surface area contributed by atoms with Crippen LogP contribution in [0.15, 0.2) is 29.2 Å². The maximum atomic E-state index is 13.3. The quantitative estimate of drug-likeness (QED) is 0.783. The van der Waals surface area contributed by atoms with E-state index in [1.54, 1.807) is 0 Å². The lowest BCUT2D eigenvalue weighted by Gasteiger charge is -2.23. The smallest absolute Gasteiger partial charge is 0.336 e. The number of alkyl halides is 3. The lowest BCUT2D eigenvalue weighted by atomic mass is 10.2. The minimum absolute atomic E-state index is 0.346. The Labute approximate surface area is 165 Å². The lowest BCUT2D eigenvalue weighted by Crippen LogP contribution is -2.48. The van der Waals surface area contributed by atoms with Gasteiger partial charge in [-0.05, 0) is 31.4 Å². The van der Waals surface area contributed by atoms with E-state index in [9.17, 15) is 31.2 Å². The van der Waals surface area contributed by atoms with Crippen molar-refractivity contribution in [3.63, 3.8) is 0 Å². The van der Waals surface area contributed by atoms with Crippen molar-refractivity contribution < 1.29 is 31.2 Å². The molecule has 1 unspecified atom stereocenters. The SMILES string of the molecule is CC(=O)N1CC(S(=O)(=O)c2ccccc2C(F)(F)F)C[C@H]1C(=O)NC1(C#N)CC1. The first-order valence-corrected chi connectivity index (χ1v) is 10.4. The van der Waals surface area contributed by atoms with Gasteiger partial charge < -0.3 is 10.2 Å². The van der Waals surface area contributed by atoms with Crippen molar-refractivity contribution >= 4 is 21.7 Å². The predicted octanol–water partition coefficient (Wildman–Crippen LogP) is 1.64. The fourth-order valence-electron chi connectivity index (χ4n) is 3.46. The van der Waals surface area contributed by atoms with Crippen LogP contribution >= 0.6 is 0 Å². The van der Waals surface area contributed by atoms with Gasteiger partial charge in [0.2, 0.25) is 11.8 Å². The fraction of sp³-hybridized carbons (Fsp3) is 0.500. The summed E-state index contributed by atoms with van der Waals surface area (Å²) in [5.74, 6) is -1.25. The molecule has 0 aromatic heterocycles. The second-order valence-electron chi connectivity index (χ2n) is 7.27. The molecule has 156 valence electrons. The van der Waals surface area contributed by atoms with Gasteiger partial charge in [-0.2, -0.15) is 18.4 Å². The van der Waals surface area contributed by atoms with Crippen LogP contribution in [0.4, 0.5) is 13.2 Å².